The SMILES string of the molecule is CCN1CCC2=NNC(c3ccccc3C(F)(F)F)C2C1. The molecule has 1 aromatic carbocycles. The van der Waals surface area contributed by atoms with Crippen LogP contribution in [0, 0.1) is 5.92 Å². The lowest BCUT2D eigenvalue weighted by molar-refractivity contribution is -0.138. The first-order valence-electron chi connectivity index (χ1n) is 7.21. The molecule has 0 aliphatic carbocycles. The van der Waals surface area contributed by atoms with E-state index in [0.29, 0.717) is 5.56 Å². The number of nitrogens with zero attached hydrogens (tertiary/aromatic N) is 2. The van der Waals surface area contributed by atoms with Gasteiger partial charge in [-0.1, -0.05) is 25.1 Å². The van der Waals surface area contributed by atoms with Crippen LogP contribution < -0.4 is 5.43 Å². The van der Waals surface area contributed by atoms with Gasteiger partial charge in [-0.05, 0) is 18.2 Å². The highest BCUT2D eigenvalue weighted by Crippen LogP contribution is 2.39. The zero-order valence-corrected chi connectivity index (χ0v) is 11.8. The zero-order valence-electron chi connectivity index (χ0n) is 11.8. The second-order valence-electron chi connectivity index (χ2n) is 5.54. The molecule has 3 rings (SSSR count). The highest BCUT2D eigenvalue weighted by atomic mass is 19.4. The molecule has 2 aliphatic rings. The van der Waals surface area contributed by atoms with Crippen molar-refractivity contribution in [3.63, 3.8) is 0 Å². The van der Waals surface area contributed by atoms with Crippen LogP contribution in [0.25, 0.3) is 0 Å². The van der Waals surface area contributed by atoms with Crippen molar-refractivity contribution in [2.75, 3.05) is 19.6 Å². The van der Waals surface area contributed by atoms with E-state index in [1.165, 1.54) is 6.07 Å². The topological polar surface area (TPSA) is 27.6 Å². The molecule has 0 saturated carbocycles. The molecule has 6 heteroatoms. The number of halogens is 3. The first-order valence-corrected chi connectivity index (χ1v) is 7.21. The van der Waals surface area contributed by atoms with E-state index >= 15 is 0 Å². The van der Waals surface area contributed by atoms with Crippen LogP contribution in [0.4, 0.5) is 13.2 Å². The summed E-state index contributed by atoms with van der Waals surface area (Å²) in [6.07, 6.45) is -3.50. The number of fused-ring (bicyclic) bond motifs is 1. The summed E-state index contributed by atoms with van der Waals surface area (Å²) >= 11 is 0. The van der Waals surface area contributed by atoms with E-state index < -0.39 is 11.7 Å². The smallest absolute Gasteiger partial charge is 0.302 e. The zero-order chi connectivity index (χ0) is 15.0. The Morgan fingerprint density at radius 2 is 2.10 bits per heavy atom. The molecule has 21 heavy (non-hydrogen) atoms. The van der Waals surface area contributed by atoms with E-state index in [9.17, 15) is 13.2 Å². The number of hydrogen-bond donors (Lipinski definition) is 1. The van der Waals surface area contributed by atoms with Gasteiger partial charge in [0, 0.05) is 31.1 Å². The summed E-state index contributed by atoms with van der Waals surface area (Å²) in [6.45, 7) is 4.68. The fourth-order valence-corrected chi connectivity index (χ4v) is 3.21. The Labute approximate surface area is 121 Å². The molecular weight excluding hydrogens is 279 g/mol. The molecule has 1 N–H and O–H groups in total. The van der Waals surface area contributed by atoms with Crippen molar-refractivity contribution in [1.82, 2.24) is 10.3 Å². The van der Waals surface area contributed by atoms with Gasteiger partial charge in [0.25, 0.3) is 0 Å². The Morgan fingerprint density at radius 3 is 2.81 bits per heavy atom. The third-order valence-electron chi connectivity index (χ3n) is 4.37. The summed E-state index contributed by atoms with van der Waals surface area (Å²) in [5.74, 6) is 0.0298. The van der Waals surface area contributed by atoms with Crippen LogP contribution in [-0.2, 0) is 6.18 Å². The van der Waals surface area contributed by atoms with Crippen molar-refractivity contribution >= 4 is 5.71 Å². The molecule has 2 atom stereocenters. The Hall–Kier alpha value is -1.56. The van der Waals surface area contributed by atoms with Crippen molar-refractivity contribution in [1.29, 1.82) is 0 Å². The Balaban J connectivity index is 1.92. The van der Waals surface area contributed by atoms with Crippen molar-refractivity contribution in [3.05, 3.63) is 35.4 Å². The van der Waals surface area contributed by atoms with Gasteiger partial charge in [0.15, 0.2) is 0 Å². The highest BCUT2D eigenvalue weighted by molar-refractivity contribution is 5.90. The fourth-order valence-electron chi connectivity index (χ4n) is 3.21. The van der Waals surface area contributed by atoms with Crippen molar-refractivity contribution in [2.45, 2.75) is 25.6 Å². The summed E-state index contributed by atoms with van der Waals surface area (Å²) in [4.78, 5) is 2.26. The Morgan fingerprint density at radius 1 is 1.33 bits per heavy atom. The normalized spacial score (nSPS) is 26.2. The molecule has 0 spiro atoms. The second kappa shape index (κ2) is 5.33. The maximum atomic E-state index is 13.2. The number of rotatable bonds is 2. The number of likely N-dealkylation sites (tertiary alicyclic amines) is 1. The predicted molar refractivity (Wildman–Crippen MR) is 75.0 cm³/mol. The molecular formula is C15H18F3N3. The molecule has 0 amide bonds. The lowest BCUT2D eigenvalue weighted by atomic mass is 9.84. The maximum Gasteiger partial charge on any atom is 0.416 e. The van der Waals surface area contributed by atoms with Crippen LogP contribution in [0.15, 0.2) is 29.4 Å². The summed E-state index contributed by atoms with van der Waals surface area (Å²) in [5.41, 5.74) is 3.67. The van der Waals surface area contributed by atoms with E-state index in [-0.39, 0.29) is 12.0 Å². The number of alkyl halides is 3. The number of hydrogen-bond acceptors (Lipinski definition) is 3. The summed E-state index contributed by atoms with van der Waals surface area (Å²) in [7, 11) is 0. The van der Waals surface area contributed by atoms with E-state index in [0.717, 1.165) is 37.8 Å². The minimum Gasteiger partial charge on any atom is -0.302 e. The first kappa shape index (κ1) is 14.4. The largest absolute Gasteiger partial charge is 0.416 e. The monoisotopic (exact) mass is 297 g/mol. The molecule has 0 aromatic heterocycles. The molecule has 1 fully saturated rings. The molecule has 2 unspecified atom stereocenters. The average molecular weight is 297 g/mol. The number of nitrogens with one attached hydrogen (secondary N) is 1. The van der Waals surface area contributed by atoms with Gasteiger partial charge in [-0.2, -0.15) is 18.3 Å². The van der Waals surface area contributed by atoms with Gasteiger partial charge in [-0.25, -0.2) is 0 Å². The molecule has 114 valence electrons. The van der Waals surface area contributed by atoms with Crippen molar-refractivity contribution in [2.24, 2.45) is 11.0 Å². The lowest BCUT2D eigenvalue weighted by Gasteiger charge is -2.33. The molecule has 0 radical (unpaired) electrons. The van der Waals surface area contributed by atoms with Gasteiger partial charge >= 0.3 is 6.18 Å². The summed E-state index contributed by atoms with van der Waals surface area (Å²) < 4.78 is 39.6. The van der Waals surface area contributed by atoms with E-state index in [4.69, 9.17) is 0 Å². The van der Waals surface area contributed by atoms with E-state index in [2.05, 4.69) is 22.4 Å². The van der Waals surface area contributed by atoms with Crippen LogP contribution >= 0.6 is 0 Å². The minimum absolute atomic E-state index is 0.0298. The Bertz CT molecular complexity index is 553. The summed E-state index contributed by atoms with van der Waals surface area (Å²) in [5, 5.41) is 4.28. The molecule has 2 heterocycles. The Kier molecular flexibility index (Phi) is 3.65. The predicted octanol–water partition coefficient (Wildman–Crippen LogP) is 3.05. The van der Waals surface area contributed by atoms with Crippen LogP contribution in [-0.4, -0.2) is 30.2 Å². The quantitative estimate of drug-likeness (QED) is 0.908. The van der Waals surface area contributed by atoms with E-state index in [1.54, 1.807) is 12.1 Å². The number of piperidine rings is 1. The van der Waals surface area contributed by atoms with Gasteiger partial charge in [0.1, 0.15) is 0 Å². The maximum absolute atomic E-state index is 13.2. The summed E-state index contributed by atoms with van der Waals surface area (Å²) in [6, 6.07) is 5.42. The third-order valence-corrected chi connectivity index (χ3v) is 4.37. The highest BCUT2D eigenvalue weighted by Gasteiger charge is 2.41. The molecule has 1 aromatic rings. The van der Waals surface area contributed by atoms with Crippen molar-refractivity contribution < 1.29 is 13.2 Å². The van der Waals surface area contributed by atoms with Crippen LogP contribution in [0.2, 0.25) is 0 Å². The van der Waals surface area contributed by atoms with E-state index in [1.807, 2.05) is 0 Å². The van der Waals surface area contributed by atoms with Gasteiger partial charge in [0.05, 0.1) is 11.6 Å². The second-order valence-corrected chi connectivity index (χ2v) is 5.54. The minimum atomic E-state index is -4.33. The van der Waals surface area contributed by atoms with Crippen LogP contribution in [0.3, 0.4) is 0 Å². The average Bonchev–Trinajstić information content (AvgIpc) is 2.89. The third kappa shape index (κ3) is 2.64. The van der Waals surface area contributed by atoms with Gasteiger partial charge in [0.2, 0.25) is 0 Å². The van der Waals surface area contributed by atoms with Gasteiger partial charge in [-0.3, -0.25) is 0 Å². The van der Waals surface area contributed by atoms with Crippen molar-refractivity contribution in [3.8, 4) is 0 Å². The molecule has 2 aliphatic heterocycles. The first-order chi connectivity index (χ1) is 10.0. The molecule has 3 nitrogen and oxygen atoms in total. The molecule has 1 saturated heterocycles. The number of hydrazone groups is 1. The van der Waals surface area contributed by atoms with Gasteiger partial charge < -0.3 is 10.3 Å². The lowest BCUT2D eigenvalue weighted by Crippen LogP contribution is -2.42. The molecule has 0 bridgehead atoms. The fraction of sp³-hybridized carbons (Fsp3) is 0.533. The van der Waals surface area contributed by atoms with Crippen LogP contribution in [0.1, 0.15) is 30.5 Å². The van der Waals surface area contributed by atoms with Crippen LogP contribution in [0.5, 0.6) is 0 Å². The van der Waals surface area contributed by atoms with Gasteiger partial charge in [-0.15, -0.1) is 0 Å². The number of benzene rings is 1. The standard InChI is InChI=1S/C15H18F3N3/c1-2-21-8-7-13-11(9-21)14(20-19-13)10-5-3-4-6-12(10)15(16,17)18/h3-6,11,14,20H,2,7-9H2,1H3.